The second-order valence-corrected chi connectivity index (χ2v) is 10.1. The molecule has 0 amide bonds. The first-order chi connectivity index (χ1) is 13.7. The summed E-state index contributed by atoms with van der Waals surface area (Å²) >= 11 is 0. The van der Waals surface area contributed by atoms with Gasteiger partial charge < -0.3 is 14.2 Å². The lowest BCUT2D eigenvalue weighted by molar-refractivity contribution is -0.355. The molecule has 3 nitrogen and oxygen atoms in total. The third kappa shape index (κ3) is 17.0. The maximum Gasteiger partial charge on any atom is 0.282 e. The van der Waals surface area contributed by atoms with E-state index in [1.807, 2.05) is 0 Å². The summed E-state index contributed by atoms with van der Waals surface area (Å²) in [6, 6.07) is 1.57. The Bertz CT molecular complexity index is 287. The van der Waals surface area contributed by atoms with Gasteiger partial charge in [0.25, 0.3) is 5.97 Å². The van der Waals surface area contributed by atoms with Crippen molar-refractivity contribution in [3.63, 3.8) is 0 Å². The molecule has 0 fully saturated rings. The highest BCUT2D eigenvalue weighted by molar-refractivity contribution is 6.33. The fourth-order valence-corrected chi connectivity index (χ4v) is 4.83. The van der Waals surface area contributed by atoms with Gasteiger partial charge in [0.05, 0.1) is 0 Å². The molecule has 0 spiro atoms. The summed E-state index contributed by atoms with van der Waals surface area (Å²) < 4.78 is 16.0. The molecule has 0 N–H and O–H groups in total. The van der Waals surface area contributed by atoms with E-state index < -0.39 is 5.97 Å². The first-order valence-corrected chi connectivity index (χ1v) is 14.8. The van der Waals surface area contributed by atoms with Crippen LogP contribution in [0.4, 0.5) is 0 Å². The Morgan fingerprint density at radius 1 is 0.464 bits per heavy atom. The lowest BCUT2D eigenvalue weighted by Crippen LogP contribution is -2.35. The van der Waals surface area contributed by atoms with Gasteiger partial charge in [0, 0.05) is 37.3 Å². The molecule has 0 aromatic rings. The molecule has 0 heterocycles. The van der Waals surface area contributed by atoms with Crippen LogP contribution >= 0.6 is 0 Å². The second-order valence-electron chi connectivity index (χ2n) is 8.41. The maximum atomic E-state index is 5.33. The Morgan fingerprint density at radius 3 is 1.04 bits per heavy atom. The van der Waals surface area contributed by atoms with E-state index in [0.29, 0.717) is 9.52 Å². The number of unbranched alkanes of at least 4 members (excludes halogenated alkanes) is 16. The average molecular weight is 417 g/mol. The zero-order valence-corrected chi connectivity index (χ0v) is 21.3. The molecule has 170 valence electrons. The molecule has 0 aromatic carbocycles. The summed E-state index contributed by atoms with van der Waals surface area (Å²) in [5.74, 6) is -0.837. The van der Waals surface area contributed by atoms with E-state index in [1.165, 1.54) is 103 Å². The molecular formula is C24H52O3Si. The molecular weight excluding hydrogens is 364 g/mol. The smallest absolute Gasteiger partial charge is 0.282 e. The van der Waals surface area contributed by atoms with E-state index in [9.17, 15) is 0 Å². The summed E-state index contributed by atoms with van der Waals surface area (Å²) in [6.07, 6.45) is 24.8. The standard InChI is InChI=1S/C24H52O3Si/c1-25-24(26-2,27-3)22-20-18-16-14-12-10-8-6-5-7-9-11-13-15-17-19-21-23-28-4/h5-23,28H2,1-4H3. The number of methoxy groups -OCH3 is 3. The summed E-state index contributed by atoms with van der Waals surface area (Å²) in [6.45, 7) is 2.43. The second kappa shape index (κ2) is 21.8. The number of hydrogen-bond acceptors (Lipinski definition) is 3. The summed E-state index contributed by atoms with van der Waals surface area (Å²) in [5.41, 5.74) is 0. The minimum atomic E-state index is -0.837. The normalized spacial score (nSPS) is 12.4. The fourth-order valence-electron chi connectivity index (χ4n) is 3.98. The quantitative estimate of drug-likeness (QED) is 0.0998. The SMILES string of the molecule is COC(CCCCCCCCCCCCCCCCCCC[SiH2]C)(OC)OC. The van der Waals surface area contributed by atoms with Gasteiger partial charge in [0.1, 0.15) is 0 Å². The van der Waals surface area contributed by atoms with Gasteiger partial charge in [-0.3, -0.25) is 0 Å². The van der Waals surface area contributed by atoms with Crippen molar-refractivity contribution in [2.75, 3.05) is 21.3 Å². The van der Waals surface area contributed by atoms with Gasteiger partial charge >= 0.3 is 0 Å². The van der Waals surface area contributed by atoms with Crippen molar-refractivity contribution < 1.29 is 14.2 Å². The molecule has 0 radical (unpaired) electrons. The average Bonchev–Trinajstić information content (AvgIpc) is 2.73. The van der Waals surface area contributed by atoms with Gasteiger partial charge in [0.2, 0.25) is 0 Å². The van der Waals surface area contributed by atoms with E-state index in [-0.39, 0.29) is 0 Å². The van der Waals surface area contributed by atoms with E-state index in [2.05, 4.69) is 6.55 Å². The number of ether oxygens (including phenoxy) is 3. The van der Waals surface area contributed by atoms with Crippen molar-refractivity contribution in [3.05, 3.63) is 0 Å². The molecule has 0 saturated heterocycles. The van der Waals surface area contributed by atoms with Crippen LogP contribution in [0.1, 0.15) is 116 Å². The molecule has 0 aliphatic rings. The number of rotatable bonds is 23. The van der Waals surface area contributed by atoms with Crippen molar-refractivity contribution >= 4 is 9.52 Å². The van der Waals surface area contributed by atoms with Gasteiger partial charge in [-0.15, -0.1) is 0 Å². The van der Waals surface area contributed by atoms with Crippen LogP contribution in [0, 0.1) is 0 Å². The summed E-state index contributed by atoms with van der Waals surface area (Å²) in [4.78, 5) is 0. The Hall–Kier alpha value is 0.0969. The molecule has 0 unspecified atom stereocenters. The molecule has 0 atom stereocenters. The van der Waals surface area contributed by atoms with E-state index in [0.717, 1.165) is 12.8 Å². The number of hydrogen-bond donors (Lipinski definition) is 0. The van der Waals surface area contributed by atoms with Crippen molar-refractivity contribution in [3.8, 4) is 0 Å². The molecule has 4 heteroatoms. The topological polar surface area (TPSA) is 27.7 Å². The largest absolute Gasteiger partial charge is 0.331 e. The summed E-state index contributed by atoms with van der Waals surface area (Å²) in [5, 5.41) is 0. The van der Waals surface area contributed by atoms with Crippen LogP contribution in [0.25, 0.3) is 0 Å². The highest BCUT2D eigenvalue weighted by Crippen LogP contribution is 2.21. The zero-order valence-electron chi connectivity index (χ0n) is 19.9. The predicted octanol–water partition coefficient (Wildman–Crippen LogP) is 7.24. The van der Waals surface area contributed by atoms with Gasteiger partial charge in [-0.2, -0.15) is 0 Å². The first kappa shape index (κ1) is 28.1. The van der Waals surface area contributed by atoms with E-state index in [4.69, 9.17) is 14.2 Å². The summed E-state index contributed by atoms with van der Waals surface area (Å²) in [7, 11) is 5.25. The van der Waals surface area contributed by atoms with Gasteiger partial charge in [-0.05, 0) is 6.42 Å². The molecule has 0 rings (SSSR count). The van der Waals surface area contributed by atoms with E-state index >= 15 is 0 Å². The molecule has 0 aliphatic heterocycles. The van der Waals surface area contributed by atoms with Gasteiger partial charge in [-0.1, -0.05) is 115 Å². The van der Waals surface area contributed by atoms with Crippen molar-refractivity contribution in [1.82, 2.24) is 0 Å². The third-order valence-corrected chi connectivity index (χ3v) is 7.23. The Kier molecular flexibility index (Phi) is 21.9. The molecule has 0 saturated carbocycles. The van der Waals surface area contributed by atoms with Gasteiger partial charge in [-0.25, -0.2) is 0 Å². The maximum absolute atomic E-state index is 5.33. The van der Waals surface area contributed by atoms with Crippen LogP contribution in [0.15, 0.2) is 0 Å². The Balaban J connectivity index is 3.18. The fraction of sp³-hybridized carbons (Fsp3) is 1.00. The zero-order chi connectivity index (χ0) is 20.8. The highest BCUT2D eigenvalue weighted by atomic mass is 28.2. The molecule has 0 bridgehead atoms. The minimum Gasteiger partial charge on any atom is -0.331 e. The van der Waals surface area contributed by atoms with Crippen LogP contribution in [0.3, 0.4) is 0 Å². The molecule has 28 heavy (non-hydrogen) atoms. The molecule has 0 aromatic heterocycles. The van der Waals surface area contributed by atoms with Crippen molar-refractivity contribution in [1.29, 1.82) is 0 Å². The Morgan fingerprint density at radius 2 is 0.750 bits per heavy atom. The predicted molar refractivity (Wildman–Crippen MR) is 126 cm³/mol. The first-order valence-electron chi connectivity index (χ1n) is 12.4. The minimum absolute atomic E-state index is 0.327. The molecule has 0 aliphatic carbocycles. The van der Waals surface area contributed by atoms with Gasteiger partial charge in [0.15, 0.2) is 0 Å². The van der Waals surface area contributed by atoms with Crippen molar-refractivity contribution in [2.24, 2.45) is 0 Å². The van der Waals surface area contributed by atoms with Crippen molar-refractivity contribution in [2.45, 2.75) is 134 Å². The van der Waals surface area contributed by atoms with E-state index in [1.54, 1.807) is 27.4 Å². The van der Waals surface area contributed by atoms with Crippen LogP contribution in [-0.2, 0) is 14.2 Å². The monoisotopic (exact) mass is 416 g/mol. The lowest BCUT2D eigenvalue weighted by atomic mass is 10.0. The highest BCUT2D eigenvalue weighted by Gasteiger charge is 2.28. The Labute approximate surface area is 179 Å². The van der Waals surface area contributed by atoms with Crippen LogP contribution in [0.5, 0.6) is 0 Å². The third-order valence-electron chi connectivity index (χ3n) is 6.02. The van der Waals surface area contributed by atoms with Crippen LogP contribution < -0.4 is 0 Å². The van der Waals surface area contributed by atoms with Crippen LogP contribution in [0.2, 0.25) is 12.6 Å². The lowest BCUT2D eigenvalue weighted by Gasteiger charge is -2.28. The van der Waals surface area contributed by atoms with Crippen LogP contribution in [-0.4, -0.2) is 36.8 Å².